The van der Waals surface area contributed by atoms with Gasteiger partial charge in [0.1, 0.15) is 11.6 Å². The van der Waals surface area contributed by atoms with Crippen molar-refractivity contribution in [3.05, 3.63) is 48.0 Å². The molecule has 0 amide bonds. The molecule has 1 heterocycles. The predicted octanol–water partition coefficient (Wildman–Crippen LogP) is 1.76. The number of hydrogen-bond donors (Lipinski definition) is 1. The quantitative estimate of drug-likeness (QED) is 0.843. The van der Waals surface area contributed by atoms with E-state index < -0.39 is 0 Å². The number of nitrogens with one attached hydrogen (secondary N) is 1. The predicted molar refractivity (Wildman–Crippen MR) is 71.6 cm³/mol. The normalized spacial score (nSPS) is 10.6. The lowest BCUT2D eigenvalue weighted by Crippen LogP contribution is -2.10. The van der Waals surface area contributed by atoms with Gasteiger partial charge in [-0.2, -0.15) is 0 Å². The fourth-order valence-electron chi connectivity index (χ4n) is 1.87. The van der Waals surface area contributed by atoms with Crippen molar-refractivity contribution in [2.24, 2.45) is 7.05 Å². The minimum atomic E-state index is 0.644. The van der Waals surface area contributed by atoms with E-state index in [2.05, 4.69) is 16.4 Å². The van der Waals surface area contributed by atoms with Crippen LogP contribution in [-0.2, 0) is 20.0 Å². The van der Waals surface area contributed by atoms with Crippen LogP contribution in [0, 0.1) is 0 Å². The Balaban J connectivity index is 1.92. The van der Waals surface area contributed by atoms with Gasteiger partial charge in [0.15, 0.2) is 0 Å². The van der Waals surface area contributed by atoms with Crippen molar-refractivity contribution in [1.82, 2.24) is 14.9 Å². The van der Waals surface area contributed by atoms with E-state index >= 15 is 0 Å². The van der Waals surface area contributed by atoms with E-state index in [1.807, 2.05) is 49.3 Å². The minimum Gasteiger partial charge on any atom is -0.493 e. The van der Waals surface area contributed by atoms with Gasteiger partial charge in [-0.3, -0.25) is 0 Å². The van der Waals surface area contributed by atoms with Gasteiger partial charge in [-0.15, -0.1) is 0 Å². The highest BCUT2D eigenvalue weighted by molar-refractivity contribution is 5.33. The number of aryl methyl sites for hydroxylation is 1. The third-order valence-electron chi connectivity index (χ3n) is 2.84. The molecule has 2 aromatic rings. The van der Waals surface area contributed by atoms with Gasteiger partial charge in [-0.05, 0) is 13.1 Å². The molecule has 4 heteroatoms. The summed E-state index contributed by atoms with van der Waals surface area (Å²) in [5, 5.41) is 3.14. The average molecular weight is 245 g/mol. The van der Waals surface area contributed by atoms with E-state index in [4.69, 9.17) is 4.74 Å². The van der Waals surface area contributed by atoms with Gasteiger partial charge in [-0.1, -0.05) is 18.2 Å². The summed E-state index contributed by atoms with van der Waals surface area (Å²) in [5.74, 6) is 1.99. The molecule has 0 radical (unpaired) electrons. The molecule has 0 fully saturated rings. The molecule has 0 aliphatic carbocycles. The van der Waals surface area contributed by atoms with E-state index in [-0.39, 0.29) is 0 Å². The van der Waals surface area contributed by atoms with Crippen LogP contribution in [0.3, 0.4) is 0 Å². The second-order valence-electron chi connectivity index (χ2n) is 4.19. The first kappa shape index (κ1) is 12.6. The van der Waals surface area contributed by atoms with Gasteiger partial charge in [0.25, 0.3) is 0 Å². The van der Waals surface area contributed by atoms with Crippen molar-refractivity contribution in [1.29, 1.82) is 0 Å². The Morgan fingerprint density at radius 2 is 2.17 bits per heavy atom. The molecule has 18 heavy (non-hydrogen) atoms. The average Bonchev–Trinajstić information content (AvgIpc) is 2.78. The first-order valence-corrected chi connectivity index (χ1v) is 6.12. The van der Waals surface area contributed by atoms with Gasteiger partial charge >= 0.3 is 0 Å². The van der Waals surface area contributed by atoms with Crippen LogP contribution in [0.15, 0.2) is 36.7 Å². The van der Waals surface area contributed by atoms with Crippen LogP contribution in [0.5, 0.6) is 5.75 Å². The summed E-state index contributed by atoms with van der Waals surface area (Å²) in [7, 11) is 3.93. The summed E-state index contributed by atoms with van der Waals surface area (Å²) in [6.07, 6.45) is 4.58. The summed E-state index contributed by atoms with van der Waals surface area (Å²) in [4.78, 5) is 4.28. The van der Waals surface area contributed by atoms with Crippen molar-refractivity contribution in [3.63, 3.8) is 0 Å². The molecule has 1 aromatic carbocycles. The molecule has 0 aliphatic heterocycles. The largest absolute Gasteiger partial charge is 0.493 e. The summed E-state index contributed by atoms with van der Waals surface area (Å²) < 4.78 is 7.84. The number of benzene rings is 1. The van der Waals surface area contributed by atoms with Gasteiger partial charge < -0.3 is 14.6 Å². The van der Waals surface area contributed by atoms with E-state index in [9.17, 15) is 0 Å². The Morgan fingerprint density at radius 1 is 1.33 bits per heavy atom. The van der Waals surface area contributed by atoms with Crippen molar-refractivity contribution in [2.75, 3.05) is 13.7 Å². The minimum absolute atomic E-state index is 0.644. The third kappa shape index (κ3) is 3.11. The molecule has 0 bridgehead atoms. The molecule has 0 unspecified atom stereocenters. The number of nitrogens with zero attached hydrogens (tertiary/aromatic N) is 2. The molecule has 0 saturated carbocycles. The Morgan fingerprint density at radius 3 is 2.89 bits per heavy atom. The lowest BCUT2D eigenvalue weighted by molar-refractivity contribution is 0.313. The standard InChI is InChI=1S/C14H19N3O/c1-15-11-12-5-3-4-6-13(12)18-10-7-14-16-8-9-17(14)2/h3-6,8-9,15H,7,10-11H2,1-2H3. The first-order valence-electron chi connectivity index (χ1n) is 6.12. The SMILES string of the molecule is CNCc1ccccc1OCCc1nccn1C. The van der Waals surface area contributed by atoms with E-state index in [0.717, 1.165) is 24.5 Å². The second-order valence-corrected chi connectivity index (χ2v) is 4.19. The van der Waals surface area contributed by atoms with Crippen LogP contribution in [0.4, 0.5) is 0 Å². The number of aromatic nitrogens is 2. The molecule has 0 aliphatic rings. The van der Waals surface area contributed by atoms with Gasteiger partial charge in [0.05, 0.1) is 6.61 Å². The molecule has 2 rings (SSSR count). The maximum Gasteiger partial charge on any atom is 0.123 e. The van der Waals surface area contributed by atoms with E-state index in [0.29, 0.717) is 6.61 Å². The highest BCUT2D eigenvalue weighted by Crippen LogP contribution is 2.17. The van der Waals surface area contributed by atoms with E-state index in [1.165, 1.54) is 5.56 Å². The Bertz CT molecular complexity index is 493. The molecular formula is C14H19N3O. The van der Waals surface area contributed by atoms with E-state index in [1.54, 1.807) is 0 Å². The summed E-state index contributed by atoms with van der Waals surface area (Å²) >= 11 is 0. The molecule has 1 N–H and O–H groups in total. The highest BCUT2D eigenvalue weighted by atomic mass is 16.5. The van der Waals surface area contributed by atoms with Crippen molar-refractivity contribution in [3.8, 4) is 5.75 Å². The maximum atomic E-state index is 5.82. The lowest BCUT2D eigenvalue weighted by atomic mass is 10.2. The van der Waals surface area contributed by atoms with Gasteiger partial charge in [0, 0.05) is 38.0 Å². The molecule has 0 spiro atoms. The van der Waals surface area contributed by atoms with Crippen LogP contribution < -0.4 is 10.1 Å². The Hall–Kier alpha value is -1.81. The molecule has 1 aromatic heterocycles. The molecule has 96 valence electrons. The van der Waals surface area contributed by atoms with Gasteiger partial charge in [-0.25, -0.2) is 4.98 Å². The number of ether oxygens (including phenoxy) is 1. The fourth-order valence-corrected chi connectivity index (χ4v) is 1.87. The second kappa shape index (κ2) is 6.21. The summed E-state index contributed by atoms with van der Waals surface area (Å²) in [6.45, 7) is 1.46. The van der Waals surface area contributed by atoms with Gasteiger partial charge in [0.2, 0.25) is 0 Å². The van der Waals surface area contributed by atoms with Crippen molar-refractivity contribution in [2.45, 2.75) is 13.0 Å². The zero-order valence-electron chi connectivity index (χ0n) is 10.9. The van der Waals surface area contributed by atoms with Crippen LogP contribution in [0.25, 0.3) is 0 Å². The van der Waals surface area contributed by atoms with Crippen LogP contribution in [-0.4, -0.2) is 23.2 Å². The number of imidazole rings is 1. The highest BCUT2D eigenvalue weighted by Gasteiger charge is 2.03. The molecule has 4 nitrogen and oxygen atoms in total. The number of para-hydroxylation sites is 1. The smallest absolute Gasteiger partial charge is 0.123 e. The zero-order valence-corrected chi connectivity index (χ0v) is 10.9. The zero-order chi connectivity index (χ0) is 12.8. The maximum absolute atomic E-state index is 5.82. The molecular weight excluding hydrogens is 226 g/mol. The molecule has 0 saturated heterocycles. The lowest BCUT2D eigenvalue weighted by Gasteiger charge is -2.11. The first-order chi connectivity index (χ1) is 8.81. The number of hydrogen-bond acceptors (Lipinski definition) is 3. The van der Waals surface area contributed by atoms with Crippen molar-refractivity contribution < 1.29 is 4.74 Å². The van der Waals surface area contributed by atoms with Crippen molar-refractivity contribution >= 4 is 0 Å². The Labute approximate surface area is 108 Å². The molecule has 0 atom stereocenters. The van der Waals surface area contributed by atoms with Crippen LogP contribution in [0.1, 0.15) is 11.4 Å². The number of rotatable bonds is 6. The van der Waals surface area contributed by atoms with Crippen LogP contribution in [0.2, 0.25) is 0 Å². The fraction of sp³-hybridized carbons (Fsp3) is 0.357. The topological polar surface area (TPSA) is 39.1 Å². The summed E-state index contributed by atoms with van der Waals surface area (Å²) in [6, 6.07) is 8.10. The Kier molecular flexibility index (Phi) is 4.36. The third-order valence-corrected chi connectivity index (χ3v) is 2.84. The van der Waals surface area contributed by atoms with Crippen LogP contribution >= 0.6 is 0 Å². The monoisotopic (exact) mass is 245 g/mol. The summed E-state index contributed by atoms with van der Waals surface area (Å²) in [5.41, 5.74) is 1.18.